The van der Waals surface area contributed by atoms with Gasteiger partial charge in [-0.3, -0.25) is 4.90 Å². The van der Waals surface area contributed by atoms with E-state index in [1.165, 1.54) is 5.56 Å². The van der Waals surface area contributed by atoms with E-state index in [2.05, 4.69) is 40.7 Å². The molecule has 6 nitrogen and oxygen atoms in total. The van der Waals surface area contributed by atoms with Gasteiger partial charge in [0.25, 0.3) is 0 Å². The molecule has 29 heavy (non-hydrogen) atoms. The lowest BCUT2D eigenvalue weighted by Crippen LogP contribution is -2.37. The number of carbonyl (C=O) groups is 1. The van der Waals surface area contributed by atoms with Crippen LogP contribution in [0.25, 0.3) is 0 Å². The van der Waals surface area contributed by atoms with Gasteiger partial charge in [0.1, 0.15) is 5.75 Å². The van der Waals surface area contributed by atoms with Gasteiger partial charge in [-0.2, -0.15) is 0 Å². The summed E-state index contributed by atoms with van der Waals surface area (Å²) in [6, 6.07) is 16.0. The number of benzene rings is 2. The van der Waals surface area contributed by atoms with E-state index >= 15 is 0 Å². The molecular formula is C23H31N3O3. The number of nitrogens with one attached hydrogen (secondary N) is 2. The molecule has 2 aromatic carbocycles. The molecule has 0 bridgehead atoms. The van der Waals surface area contributed by atoms with Crippen LogP contribution < -0.4 is 15.4 Å². The van der Waals surface area contributed by atoms with Crippen molar-refractivity contribution >= 4 is 6.03 Å². The van der Waals surface area contributed by atoms with E-state index in [-0.39, 0.29) is 12.1 Å². The summed E-state index contributed by atoms with van der Waals surface area (Å²) in [7, 11) is 1.65. The first-order valence-corrected chi connectivity index (χ1v) is 10.2. The summed E-state index contributed by atoms with van der Waals surface area (Å²) >= 11 is 0. The highest BCUT2D eigenvalue weighted by atomic mass is 16.5. The number of ether oxygens (including phenoxy) is 2. The number of morpholine rings is 1. The van der Waals surface area contributed by atoms with Crippen LogP contribution in [-0.2, 0) is 17.8 Å². The van der Waals surface area contributed by atoms with E-state index in [1.807, 2.05) is 30.3 Å². The minimum atomic E-state index is -0.161. The molecule has 6 heteroatoms. The molecule has 3 rings (SSSR count). The van der Waals surface area contributed by atoms with Crippen molar-refractivity contribution in [3.8, 4) is 5.75 Å². The lowest BCUT2D eigenvalue weighted by atomic mass is 10.0. The largest absolute Gasteiger partial charge is 0.497 e. The summed E-state index contributed by atoms with van der Waals surface area (Å²) in [4.78, 5) is 14.8. The Hall–Kier alpha value is -2.57. The van der Waals surface area contributed by atoms with E-state index in [1.54, 1.807) is 7.11 Å². The fourth-order valence-electron chi connectivity index (χ4n) is 3.50. The summed E-state index contributed by atoms with van der Waals surface area (Å²) in [6.45, 7) is 7.01. The maximum Gasteiger partial charge on any atom is 0.315 e. The Morgan fingerprint density at radius 2 is 1.86 bits per heavy atom. The van der Waals surface area contributed by atoms with Crippen molar-refractivity contribution in [1.29, 1.82) is 0 Å². The van der Waals surface area contributed by atoms with E-state index < -0.39 is 0 Å². The molecule has 1 aliphatic heterocycles. The van der Waals surface area contributed by atoms with Crippen LogP contribution >= 0.6 is 0 Å². The second kappa shape index (κ2) is 10.8. The van der Waals surface area contributed by atoms with Gasteiger partial charge >= 0.3 is 6.03 Å². The highest BCUT2D eigenvalue weighted by molar-refractivity contribution is 5.74. The SMILES string of the molecule is CCC(NC(=O)NCc1cccc(CN2CCOCC2)c1)c1ccc(OC)cc1. The lowest BCUT2D eigenvalue weighted by molar-refractivity contribution is 0.0342. The smallest absolute Gasteiger partial charge is 0.315 e. The monoisotopic (exact) mass is 397 g/mol. The Labute approximate surface area is 173 Å². The van der Waals surface area contributed by atoms with Gasteiger partial charge in [-0.1, -0.05) is 43.3 Å². The molecule has 2 aromatic rings. The number of methoxy groups -OCH3 is 1. The zero-order chi connectivity index (χ0) is 20.5. The first-order valence-electron chi connectivity index (χ1n) is 10.2. The van der Waals surface area contributed by atoms with Crippen molar-refractivity contribution in [2.24, 2.45) is 0 Å². The molecule has 1 aliphatic rings. The van der Waals surface area contributed by atoms with Crippen molar-refractivity contribution in [3.05, 3.63) is 65.2 Å². The zero-order valence-corrected chi connectivity index (χ0v) is 17.3. The zero-order valence-electron chi connectivity index (χ0n) is 17.3. The Morgan fingerprint density at radius 3 is 2.55 bits per heavy atom. The lowest BCUT2D eigenvalue weighted by Gasteiger charge is -2.26. The van der Waals surface area contributed by atoms with Crippen molar-refractivity contribution < 1.29 is 14.3 Å². The average molecular weight is 398 g/mol. The van der Waals surface area contributed by atoms with Gasteiger partial charge in [0.05, 0.1) is 26.4 Å². The number of nitrogens with zero attached hydrogens (tertiary/aromatic N) is 1. The Balaban J connectivity index is 1.50. The molecule has 0 aliphatic carbocycles. The molecule has 0 saturated carbocycles. The second-order valence-corrected chi connectivity index (χ2v) is 7.27. The van der Waals surface area contributed by atoms with Gasteiger partial charge in [0.15, 0.2) is 0 Å². The Bertz CT molecular complexity index is 773. The molecule has 0 spiro atoms. The fraction of sp³-hybridized carbons (Fsp3) is 0.435. The average Bonchev–Trinajstić information content (AvgIpc) is 2.77. The van der Waals surface area contributed by atoms with Crippen LogP contribution in [0, 0.1) is 0 Å². The number of urea groups is 1. The standard InChI is InChI=1S/C23H31N3O3/c1-3-22(20-7-9-21(28-2)10-8-20)25-23(27)24-16-18-5-4-6-19(15-18)17-26-11-13-29-14-12-26/h4-10,15,22H,3,11-14,16-17H2,1-2H3,(H2,24,25,27). The van der Waals surface area contributed by atoms with Crippen LogP contribution in [-0.4, -0.2) is 44.3 Å². The van der Waals surface area contributed by atoms with E-state index in [0.29, 0.717) is 6.54 Å². The first-order chi connectivity index (χ1) is 14.2. The number of rotatable bonds is 8. The maximum absolute atomic E-state index is 12.4. The topological polar surface area (TPSA) is 62.8 Å². The second-order valence-electron chi connectivity index (χ2n) is 7.27. The molecular weight excluding hydrogens is 366 g/mol. The third-order valence-electron chi connectivity index (χ3n) is 5.19. The van der Waals surface area contributed by atoms with Crippen molar-refractivity contribution in [3.63, 3.8) is 0 Å². The summed E-state index contributed by atoms with van der Waals surface area (Å²) in [5, 5.41) is 6.04. The summed E-state index contributed by atoms with van der Waals surface area (Å²) in [5.41, 5.74) is 3.43. The molecule has 1 fully saturated rings. The number of amides is 2. The Morgan fingerprint density at radius 1 is 1.14 bits per heavy atom. The van der Waals surface area contributed by atoms with Crippen molar-refractivity contribution in [2.45, 2.75) is 32.5 Å². The van der Waals surface area contributed by atoms with E-state index in [4.69, 9.17) is 9.47 Å². The number of carbonyl (C=O) groups excluding carboxylic acids is 1. The molecule has 1 heterocycles. The quantitative estimate of drug-likeness (QED) is 0.716. The molecule has 0 radical (unpaired) electrons. The molecule has 2 N–H and O–H groups in total. The van der Waals surface area contributed by atoms with Crippen LogP contribution in [0.5, 0.6) is 5.75 Å². The number of hydrogen-bond donors (Lipinski definition) is 2. The van der Waals surface area contributed by atoms with Gasteiger partial charge in [0, 0.05) is 26.2 Å². The first kappa shape index (κ1) is 21.1. The van der Waals surface area contributed by atoms with Crippen LogP contribution in [0.15, 0.2) is 48.5 Å². The predicted molar refractivity (Wildman–Crippen MR) is 114 cm³/mol. The molecule has 1 unspecified atom stereocenters. The van der Waals surface area contributed by atoms with Gasteiger partial charge in [-0.25, -0.2) is 4.79 Å². The van der Waals surface area contributed by atoms with Crippen molar-refractivity contribution in [2.75, 3.05) is 33.4 Å². The van der Waals surface area contributed by atoms with Gasteiger partial charge in [-0.15, -0.1) is 0 Å². The number of hydrogen-bond acceptors (Lipinski definition) is 4. The summed E-state index contributed by atoms with van der Waals surface area (Å²) in [6.07, 6.45) is 0.814. The molecule has 2 amide bonds. The fourth-order valence-corrected chi connectivity index (χ4v) is 3.50. The Kier molecular flexibility index (Phi) is 7.90. The van der Waals surface area contributed by atoms with Gasteiger partial charge in [0.2, 0.25) is 0 Å². The molecule has 156 valence electrons. The highest BCUT2D eigenvalue weighted by Gasteiger charge is 2.13. The molecule has 1 atom stereocenters. The maximum atomic E-state index is 12.4. The highest BCUT2D eigenvalue weighted by Crippen LogP contribution is 2.20. The van der Waals surface area contributed by atoms with Crippen LogP contribution in [0.1, 0.15) is 36.1 Å². The minimum Gasteiger partial charge on any atom is -0.497 e. The molecule has 0 aromatic heterocycles. The molecule has 1 saturated heterocycles. The summed E-state index contributed by atoms with van der Waals surface area (Å²) in [5.74, 6) is 0.810. The van der Waals surface area contributed by atoms with Crippen LogP contribution in [0.3, 0.4) is 0 Å². The normalized spacial score (nSPS) is 15.5. The van der Waals surface area contributed by atoms with Gasteiger partial charge in [-0.05, 0) is 35.2 Å². The van der Waals surface area contributed by atoms with Crippen LogP contribution in [0.4, 0.5) is 4.79 Å². The predicted octanol–water partition coefficient (Wildman–Crippen LogP) is 3.48. The third kappa shape index (κ3) is 6.48. The van der Waals surface area contributed by atoms with E-state index in [0.717, 1.165) is 56.1 Å². The van der Waals surface area contributed by atoms with Crippen molar-refractivity contribution in [1.82, 2.24) is 15.5 Å². The third-order valence-corrected chi connectivity index (χ3v) is 5.19. The minimum absolute atomic E-state index is 0.0337. The summed E-state index contributed by atoms with van der Waals surface area (Å²) < 4.78 is 10.6. The van der Waals surface area contributed by atoms with E-state index in [9.17, 15) is 4.79 Å². The van der Waals surface area contributed by atoms with Gasteiger partial charge < -0.3 is 20.1 Å². The van der Waals surface area contributed by atoms with Crippen LogP contribution in [0.2, 0.25) is 0 Å².